The second kappa shape index (κ2) is 4.85. The summed E-state index contributed by atoms with van der Waals surface area (Å²) in [5.41, 5.74) is 2.77. The molecular formula is C14H19ClN2. The molecule has 0 N–H and O–H groups in total. The largest absolute Gasteiger partial charge is 0.352 e. The van der Waals surface area contributed by atoms with Crippen LogP contribution in [0.4, 0.5) is 5.82 Å². The average molecular weight is 251 g/mol. The zero-order valence-electron chi connectivity index (χ0n) is 10.2. The van der Waals surface area contributed by atoms with E-state index >= 15 is 0 Å². The van der Waals surface area contributed by atoms with Gasteiger partial charge in [-0.3, -0.25) is 0 Å². The molecule has 2 aliphatic rings. The number of aromatic nitrogens is 1. The third kappa shape index (κ3) is 2.15. The smallest absolute Gasteiger partial charge is 0.129 e. The molecule has 0 amide bonds. The van der Waals surface area contributed by atoms with E-state index in [1.165, 1.54) is 43.4 Å². The second-order valence-corrected chi connectivity index (χ2v) is 5.43. The summed E-state index contributed by atoms with van der Waals surface area (Å²) in [7, 11) is 0. The number of piperidine rings is 1. The number of hydrogen-bond acceptors (Lipinski definition) is 2. The number of pyridine rings is 1. The van der Waals surface area contributed by atoms with Crippen LogP contribution in [0.2, 0.25) is 0 Å². The van der Waals surface area contributed by atoms with Gasteiger partial charge in [-0.25, -0.2) is 4.98 Å². The lowest BCUT2D eigenvalue weighted by Crippen LogP contribution is -2.41. The quantitative estimate of drug-likeness (QED) is 0.750. The zero-order valence-corrected chi connectivity index (χ0v) is 10.9. The molecule has 1 aliphatic heterocycles. The number of nitrogens with zero attached hydrogens (tertiary/aromatic N) is 2. The van der Waals surface area contributed by atoms with Gasteiger partial charge in [0.15, 0.2) is 0 Å². The van der Waals surface area contributed by atoms with Crippen molar-refractivity contribution in [3.8, 4) is 0 Å². The minimum Gasteiger partial charge on any atom is -0.352 e. The van der Waals surface area contributed by atoms with Gasteiger partial charge in [0, 0.05) is 24.2 Å². The zero-order chi connectivity index (χ0) is 11.7. The molecule has 92 valence electrons. The first-order valence-electron chi connectivity index (χ1n) is 6.70. The van der Waals surface area contributed by atoms with Crippen LogP contribution >= 0.6 is 11.6 Å². The summed E-state index contributed by atoms with van der Waals surface area (Å²) in [4.78, 5) is 7.25. The first-order chi connectivity index (χ1) is 8.38. The van der Waals surface area contributed by atoms with Crippen LogP contribution in [-0.2, 0) is 12.8 Å². The molecule has 0 saturated carbocycles. The normalized spacial score (nSPS) is 23.8. The molecule has 0 bridgehead atoms. The molecule has 1 unspecified atom stereocenters. The molecule has 2 heterocycles. The van der Waals surface area contributed by atoms with E-state index in [9.17, 15) is 0 Å². The monoisotopic (exact) mass is 250 g/mol. The van der Waals surface area contributed by atoms with E-state index in [0.717, 1.165) is 24.7 Å². The fourth-order valence-corrected chi connectivity index (χ4v) is 3.35. The van der Waals surface area contributed by atoms with E-state index in [1.54, 1.807) is 0 Å². The molecule has 1 aliphatic carbocycles. The first kappa shape index (κ1) is 11.3. The molecule has 3 rings (SSSR count). The van der Waals surface area contributed by atoms with Crippen LogP contribution in [0.3, 0.4) is 0 Å². The predicted octanol–water partition coefficient (Wildman–Crippen LogP) is 3.17. The summed E-state index contributed by atoms with van der Waals surface area (Å²) >= 11 is 6.07. The molecular weight excluding hydrogens is 232 g/mol. The van der Waals surface area contributed by atoms with Crippen LogP contribution in [0.15, 0.2) is 12.1 Å². The second-order valence-electron chi connectivity index (χ2n) is 5.13. The Balaban J connectivity index is 1.87. The van der Waals surface area contributed by atoms with Crippen LogP contribution in [0, 0.1) is 0 Å². The van der Waals surface area contributed by atoms with Crippen LogP contribution < -0.4 is 4.90 Å². The highest BCUT2D eigenvalue weighted by molar-refractivity contribution is 6.18. The van der Waals surface area contributed by atoms with Crippen molar-refractivity contribution in [2.75, 3.05) is 17.3 Å². The minimum atomic E-state index is 0.484. The van der Waals surface area contributed by atoms with Crippen molar-refractivity contribution in [2.24, 2.45) is 0 Å². The fraction of sp³-hybridized carbons (Fsp3) is 0.643. The highest BCUT2D eigenvalue weighted by Crippen LogP contribution is 2.27. The predicted molar refractivity (Wildman–Crippen MR) is 72.0 cm³/mol. The number of alkyl halides is 1. The van der Waals surface area contributed by atoms with E-state index in [-0.39, 0.29) is 0 Å². The summed E-state index contributed by atoms with van der Waals surface area (Å²) in [5.74, 6) is 1.87. The molecule has 3 heteroatoms. The van der Waals surface area contributed by atoms with Gasteiger partial charge in [0.1, 0.15) is 5.82 Å². The summed E-state index contributed by atoms with van der Waals surface area (Å²) in [6, 6.07) is 4.94. The van der Waals surface area contributed by atoms with Crippen LogP contribution in [0.5, 0.6) is 0 Å². The van der Waals surface area contributed by atoms with Crippen molar-refractivity contribution >= 4 is 17.4 Å². The van der Waals surface area contributed by atoms with Crippen molar-refractivity contribution < 1.29 is 0 Å². The van der Waals surface area contributed by atoms with E-state index in [2.05, 4.69) is 17.0 Å². The standard InChI is InChI=1S/C14H19ClN2/c15-10-12-5-1-2-9-17(12)14-8-7-11-4-3-6-13(11)16-14/h7-8,12H,1-6,9-10H2. The van der Waals surface area contributed by atoms with E-state index < -0.39 is 0 Å². The molecule has 1 fully saturated rings. The number of hydrogen-bond donors (Lipinski definition) is 0. The van der Waals surface area contributed by atoms with Crippen molar-refractivity contribution in [2.45, 2.75) is 44.6 Å². The third-order valence-electron chi connectivity index (χ3n) is 4.01. The minimum absolute atomic E-state index is 0.484. The van der Waals surface area contributed by atoms with Gasteiger partial charge >= 0.3 is 0 Å². The lowest BCUT2D eigenvalue weighted by atomic mass is 10.0. The number of halogens is 1. The summed E-state index contributed by atoms with van der Waals surface area (Å²) in [6.07, 6.45) is 7.42. The maximum atomic E-state index is 6.07. The van der Waals surface area contributed by atoms with Crippen molar-refractivity contribution in [3.05, 3.63) is 23.4 Å². The van der Waals surface area contributed by atoms with Gasteiger partial charge in [0.25, 0.3) is 0 Å². The maximum absolute atomic E-state index is 6.07. The molecule has 2 nitrogen and oxygen atoms in total. The van der Waals surface area contributed by atoms with Gasteiger partial charge in [-0.15, -0.1) is 11.6 Å². The molecule has 0 aromatic carbocycles. The van der Waals surface area contributed by atoms with Gasteiger partial charge < -0.3 is 4.90 Å². The van der Waals surface area contributed by atoms with E-state index in [1.807, 2.05) is 0 Å². The van der Waals surface area contributed by atoms with Crippen molar-refractivity contribution in [3.63, 3.8) is 0 Å². The van der Waals surface area contributed by atoms with Crippen LogP contribution in [0.25, 0.3) is 0 Å². The van der Waals surface area contributed by atoms with Gasteiger partial charge in [-0.1, -0.05) is 6.07 Å². The van der Waals surface area contributed by atoms with Gasteiger partial charge in [-0.2, -0.15) is 0 Å². The maximum Gasteiger partial charge on any atom is 0.129 e. The number of aryl methyl sites for hydroxylation is 2. The van der Waals surface area contributed by atoms with Gasteiger partial charge in [0.2, 0.25) is 0 Å². The highest BCUT2D eigenvalue weighted by Gasteiger charge is 2.24. The highest BCUT2D eigenvalue weighted by atomic mass is 35.5. The fourth-order valence-electron chi connectivity index (χ4n) is 3.03. The number of rotatable bonds is 2. The summed E-state index contributed by atoms with van der Waals surface area (Å²) < 4.78 is 0. The molecule has 0 spiro atoms. The van der Waals surface area contributed by atoms with E-state index in [0.29, 0.717) is 6.04 Å². The van der Waals surface area contributed by atoms with E-state index in [4.69, 9.17) is 16.6 Å². The Bertz CT molecular complexity index is 405. The summed E-state index contributed by atoms with van der Waals surface area (Å²) in [5, 5.41) is 0. The Hall–Kier alpha value is -0.760. The lowest BCUT2D eigenvalue weighted by molar-refractivity contribution is 0.484. The topological polar surface area (TPSA) is 16.1 Å². The molecule has 0 radical (unpaired) electrons. The average Bonchev–Trinajstić information content (AvgIpc) is 2.85. The molecule has 1 aromatic heterocycles. The Morgan fingerprint density at radius 1 is 1.24 bits per heavy atom. The molecule has 17 heavy (non-hydrogen) atoms. The van der Waals surface area contributed by atoms with Crippen LogP contribution in [0.1, 0.15) is 36.9 Å². The molecule has 1 saturated heterocycles. The first-order valence-corrected chi connectivity index (χ1v) is 7.23. The Kier molecular flexibility index (Phi) is 3.24. The Labute approximate surface area is 108 Å². The van der Waals surface area contributed by atoms with Gasteiger partial charge in [0.05, 0.1) is 0 Å². The Morgan fingerprint density at radius 2 is 2.18 bits per heavy atom. The SMILES string of the molecule is ClCC1CCCCN1c1ccc2c(n1)CCC2. The Morgan fingerprint density at radius 3 is 3.06 bits per heavy atom. The lowest BCUT2D eigenvalue weighted by Gasteiger charge is -2.35. The molecule has 1 atom stereocenters. The number of anilines is 1. The van der Waals surface area contributed by atoms with Crippen molar-refractivity contribution in [1.82, 2.24) is 4.98 Å². The van der Waals surface area contributed by atoms with Crippen LogP contribution in [-0.4, -0.2) is 23.5 Å². The van der Waals surface area contributed by atoms with Crippen molar-refractivity contribution in [1.29, 1.82) is 0 Å². The summed E-state index contributed by atoms with van der Waals surface area (Å²) in [6.45, 7) is 1.11. The van der Waals surface area contributed by atoms with Gasteiger partial charge in [-0.05, 0) is 50.2 Å². The molecule has 1 aromatic rings. The third-order valence-corrected chi connectivity index (χ3v) is 4.37. The number of fused-ring (bicyclic) bond motifs is 1.